The zero-order valence-corrected chi connectivity index (χ0v) is 10.1. The van der Waals surface area contributed by atoms with Crippen molar-refractivity contribution in [2.75, 3.05) is 20.1 Å². The largest absolute Gasteiger partial charge is 0.481 e. The van der Waals surface area contributed by atoms with Gasteiger partial charge in [-0.1, -0.05) is 6.92 Å². The Bertz CT molecular complexity index is 281. The summed E-state index contributed by atoms with van der Waals surface area (Å²) < 4.78 is 0. The lowest BCUT2D eigenvalue weighted by molar-refractivity contribution is -0.141. The maximum absolute atomic E-state index is 11.1. The van der Waals surface area contributed by atoms with Crippen molar-refractivity contribution in [1.29, 1.82) is 0 Å². The summed E-state index contributed by atoms with van der Waals surface area (Å²) in [4.78, 5) is 32.4. The number of nitrogens with one attached hydrogen (secondary N) is 3. The Balaban J connectivity index is 3.52. The van der Waals surface area contributed by atoms with Gasteiger partial charge in [0.05, 0.1) is 12.5 Å². The number of likely N-dealkylation sites (N-methyl/N-ethyl adjacent to an activating group) is 1. The topological polar surface area (TPSA) is 108 Å². The highest BCUT2D eigenvalue weighted by atomic mass is 16.4. The molecule has 0 bridgehead atoms. The van der Waals surface area contributed by atoms with Gasteiger partial charge in [0.15, 0.2) is 0 Å². The molecule has 4 N–H and O–H groups in total. The van der Waals surface area contributed by atoms with Gasteiger partial charge in [0, 0.05) is 13.6 Å². The van der Waals surface area contributed by atoms with E-state index in [-0.39, 0.29) is 12.5 Å². The minimum atomic E-state index is -0.839. The first-order chi connectivity index (χ1) is 7.97. The highest BCUT2D eigenvalue weighted by Gasteiger charge is 2.10. The Morgan fingerprint density at radius 1 is 1.24 bits per heavy atom. The number of carbonyl (C=O) groups is 3. The molecule has 98 valence electrons. The van der Waals surface area contributed by atoms with Crippen LogP contribution in [0.25, 0.3) is 0 Å². The molecular formula is C10H19N3O4. The van der Waals surface area contributed by atoms with E-state index in [4.69, 9.17) is 5.11 Å². The van der Waals surface area contributed by atoms with Crippen molar-refractivity contribution < 1.29 is 19.5 Å². The number of rotatable bonds is 7. The zero-order chi connectivity index (χ0) is 13.3. The molecule has 0 aliphatic carbocycles. The lowest BCUT2D eigenvalue weighted by atomic mass is 10.1. The molecule has 0 saturated heterocycles. The first-order valence-electron chi connectivity index (χ1n) is 5.42. The average Bonchev–Trinajstić information content (AvgIpc) is 2.30. The van der Waals surface area contributed by atoms with Gasteiger partial charge in [-0.15, -0.1) is 0 Å². The molecule has 1 unspecified atom stereocenters. The zero-order valence-electron chi connectivity index (χ0n) is 10.1. The third kappa shape index (κ3) is 8.06. The van der Waals surface area contributed by atoms with Crippen molar-refractivity contribution in [3.8, 4) is 0 Å². The maximum Gasteiger partial charge on any atom is 0.315 e. The predicted octanol–water partition coefficient (Wildman–Crippen LogP) is -0.467. The molecule has 0 aliphatic heterocycles. The summed E-state index contributed by atoms with van der Waals surface area (Å²) >= 11 is 0. The molecule has 7 heteroatoms. The summed E-state index contributed by atoms with van der Waals surface area (Å²) in [5, 5.41) is 15.9. The summed E-state index contributed by atoms with van der Waals surface area (Å²) in [6, 6.07) is -0.434. The number of carboxylic acid groups (broad SMARTS) is 1. The third-order valence-corrected chi connectivity index (χ3v) is 2.21. The van der Waals surface area contributed by atoms with Gasteiger partial charge < -0.3 is 21.1 Å². The predicted molar refractivity (Wildman–Crippen MR) is 61.5 cm³/mol. The van der Waals surface area contributed by atoms with E-state index >= 15 is 0 Å². The SMILES string of the molecule is CNC(=O)CNC(=O)NCCCC(C)C(=O)O. The van der Waals surface area contributed by atoms with E-state index in [0.29, 0.717) is 19.4 Å². The fourth-order valence-electron chi connectivity index (χ4n) is 1.05. The van der Waals surface area contributed by atoms with Gasteiger partial charge in [0.2, 0.25) is 5.91 Å². The quantitative estimate of drug-likeness (QED) is 0.455. The molecule has 0 spiro atoms. The second-order valence-electron chi connectivity index (χ2n) is 3.66. The van der Waals surface area contributed by atoms with Crippen LogP contribution in [0.1, 0.15) is 19.8 Å². The second-order valence-corrected chi connectivity index (χ2v) is 3.66. The van der Waals surface area contributed by atoms with Crippen LogP contribution in [0.15, 0.2) is 0 Å². The lowest BCUT2D eigenvalue weighted by Crippen LogP contribution is -2.41. The fraction of sp³-hybridized carbons (Fsp3) is 0.700. The van der Waals surface area contributed by atoms with Gasteiger partial charge in [0.1, 0.15) is 0 Å². The van der Waals surface area contributed by atoms with E-state index in [0.717, 1.165) is 0 Å². The van der Waals surface area contributed by atoms with Gasteiger partial charge in [-0.2, -0.15) is 0 Å². The van der Waals surface area contributed by atoms with Gasteiger partial charge in [-0.05, 0) is 12.8 Å². The Kier molecular flexibility index (Phi) is 7.49. The molecule has 0 rings (SSSR count). The van der Waals surface area contributed by atoms with Gasteiger partial charge in [0.25, 0.3) is 0 Å². The minimum Gasteiger partial charge on any atom is -0.481 e. The lowest BCUT2D eigenvalue weighted by Gasteiger charge is -2.08. The first-order valence-corrected chi connectivity index (χ1v) is 5.42. The molecule has 0 aliphatic rings. The molecule has 1 atom stereocenters. The van der Waals surface area contributed by atoms with Crippen LogP contribution in [0.5, 0.6) is 0 Å². The van der Waals surface area contributed by atoms with Gasteiger partial charge >= 0.3 is 12.0 Å². The summed E-state index contributed by atoms with van der Waals surface area (Å²) in [5.74, 6) is -1.53. The molecule has 17 heavy (non-hydrogen) atoms. The van der Waals surface area contributed by atoms with Crippen LogP contribution in [-0.4, -0.2) is 43.2 Å². The fourth-order valence-corrected chi connectivity index (χ4v) is 1.05. The van der Waals surface area contributed by atoms with Crippen LogP contribution >= 0.6 is 0 Å². The summed E-state index contributed by atoms with van der Waals surface area (Å²) in [6.45, 7) is 1.93. The molecule has 7 nitrogen and oxygen atoms in total. The van der Waals surface area contributed by atoms with E-state index in [1.54, 1.807) is 6.92 Å². The van der Waals surface area contributed by atoms with Crippen molar-refractivity contribution in [3.63, 3.8) is 0 Å². The molecule has 0 aromatic heterocycles. The van der Waals surface area contributed by atoms with Crippen LogP contribution in [0.2, 0.25) is 0 Å². The Morgan fingerprint density at radius 3 is 2.41 bits per heavy atom. The van der Waals surface area contributed by atoms with E-state index < -0.39 is 17.9 Å². The van der Waals surface area contributed by atoms with E-state index in [1.807, 2.05) is 0 Å². The monoisotopic (exact) mass is 245 g/mol. The number of aliphatic carboxylic acids is 1. The van der Waals surface area contributed by atoms with Crippen molar-refractivity contribution in [2.45, 2.75) is 19.8 Å². The number of carboxylic acids is 1. The van der Waals surface area contributed by atoms with Crippen LogP contribution in [0.4, 0.5) is 4.79 Å². The Morgan fingerprint density at radius 2 is 1.88 bits per heavy atom. The summed E-state index contributed by atoms with van der Waals surface area (Å²) in [6.07, 6.45) is 1.09. The molecule has 0 radical (unpaired) electrons. The molecule has 0 fully saturated rings. The molecule has 0 heterocycles. The van der Waals surface area contributed by atoms with E-state index in [9.17, 15) is 14.4 Å². The number of carbonyl (C=O) groups excluding carboxylic acids is 2. The molecule has 3 amide bonds. The van der Waals surface area contributed by atoms with Crippen LogP contribution in [0.3, 0.4) is 0 Å². The number of amides is 3. The molecule has 0 saturated carbocycles. The van der Waals surface area contributed by atoms with Crippen LogP contribution in [-0.2, 0) is 9.59 Å². The van der Waals surface area contributed by atoms with Gasteiger partial charge in [-0.25, -0.2) is 4.79 Å². The normalized spacial score (nSPS) is 11.4. The van der Waals surface area contributed by atoms with Crippen LogP contribution < -0.4 is 16.0 Å². The van der Waals surface area contributed by atoms with Gasteiger partial charge in [-0.3, -0.25) is 9.59 Å². The van der Waals surface area contributed by atoms with Crippen molar-refractivity contribution in [3.05, 3.63) is 0 Å². The number of urea groups is 1. The third-order valence-electron chi connectivity index (χ3n) is 2.21. The van der Waals surface area contributed by atoms with E-state index in [2.05, 4.69) is 16.0 Å². The summed E-state index contributed by atoms with van der Waals surface area (Å²) in [5.41, 5.74) is 0. The van der Waals surface area contributed by atoms with Crippen molar-refractivity contribution in [1.82, 2.24) is 16.0 Å². The summed E-state index contributed by atoms with van der Waals surface area (Å²) in [7, 11) is 1.48. The average molecular weight is 245 g/mol. The molecular weight excluding hydrogens is 226 g/mol. The molecule has 0 aromatic carbocycles. The van der Waals surface area contributed by atoms with Crippen molar-refractivity contribution >= 4 is 17.9 Å². The standard InChI is InChI=1S/C10H19N3O4/c1-7(9(15)16)4-3-5-12-10(17)13-6-8(14)11-2/h7H,3-6H2,1-2H3,(H,11,14)(H,15,16)(H2,12,13,17). The van der Waals surface area contributed by atoms with Crippen LogP contribution in [0, 0.1) is 5.92 Å². The first kappa shape index (κ1) is 15.2. The molecule has 0 aromatic rings. The second kappa shape index (κ2) is 8.37. The smallest absolute Gasteiger partial charge is 0.315 e. The number of hydrogen-bond donors (Lipinski definition) is 4. The Labute approximate surface area is 100.0 Å². The highest BCUT2D eigenvalue weighted by molar-refractivity contribution is 5.83. The Hall–Kier alpha value is -1.79. The minimum absolute atomic E-state index is 0.0755. The number of hydrogen-bond acceptors (Lipinski definition) is 3. The van der Waals surface area contributed by atoms with Crippen molar-refractivity contribution in [2.24, 2.45) is 5.92 Å². The van der Waals surface area contributed by atoms with E-state index in [1.165, 1.54) is 7.05 Å². The maximum atomic E-state index is 11.1. The highest BCUT2D eigenvalue weighted by Crippen LogP contribution is 2.03.